The van der Waals surface area contributed by atoms with Crippen LogP contribution in [0.2, 0.25) is 0 Å². The predicted octanol–water partition coefficient (Wildman–Crippen LogP) is 0.176. The van der Waals surface area contributed by atoms with Gasteiger partial charge in [-0.05, 0) is 24.7 Å². The third-order valence-electron chi connectivity index (χ3n) is 2.45. The van der Waals surface area contributed by atoms with Crippen LogP contribution in [-0.2, 0) is 16.0 Å². The van der Waals surface area contributed by atoms with Crippen LogP contribution < -0.4 is 5.32 Å². The highest BCUT2D eigenvalue weighted by molar-refractivity contribution is 5.97. The second-order valence-corrected chi connectivity index (χ2v) is 3.49. The van der Waals surface area contributed by atoms with Gasteiger partial charge in [-0.1, -0.05) is 12.1 Å². The molecule has 16 heavy (non-hydrogen) atoms. The molecule has 1 atom stereocenters. The first-order chi connectivity index (χ1) is 7.54. The number of carbonyl (C=O) groups excluding carboxylic acids is 1. The molecular weight excluding hydrogens is 210 g/mol. The molecule has 86 valence electrons. The number of carboxylic acid groups (broad SMARTS) is 1. The molecule has 1 aromatic carbocycles. The molecule has 0 radical (unpaired) electrons. The molecule has 0 heterocycles. The fraction of sp³-hybridized carbons (Fsp3) is 0.273. The summed E-state index contributed by atoms with van der Waals surface area (Å²) in [5.41, 5.74) is -0.960. The van der Waals surface area contributed by atoms with E-state index in [4.69, 9.17) is 10.2 Å². The molecule has 0 aliphatic carbocycles. The van der Waals surface area contributed by atoms with Gasteiger partial charge in [0.2, 0.25) is 0 Å². The number of aldehydes is 1. The van der Waals surface area contributed by atoms with Gasteiger partial charge in [-0.2, -0.15) is 0 Å². The number of rotatable bonds is 5. The minimum Gasteiger partial charge on any atom is -0.508 e. The molecule has 0 saturated carbocycles. The van der Waals surface area contributed by atoms with Crippen molar-refractivity contribution >= 4 is 12.3 Å². The molecule has 1 aromatic rings. The average molecular weight is 223 g/mol. The third-order valence-corrected chi connectivity index (χ3v) is 2.45. The Kier molecular flexibility index (Phi) is 3.63. The van der Waals surface area contributed by atoms with Crippen molar-refractivity contribution in [3.63, 3.8) is 0 Å². The molecule has 0 aromatic heterocycles. The Morgan fingerprint density at radius 2 is 2.00 bits per heavy atom. The topological polar surface area (TPSA) is 86.6 Å². The van der Waals surface area contributed by atoms with E-state index in [1.807, 2.05) is 0 Å². The highest BCUT2D eigenvalue weighted by atomic mass is 16.4. The second kappa shape index (κ2) is 4.76. The van der Waals surface area contributed by atoms with Gasteiger partial charge in [-0.15, -0.1) is 0 Å². The largest absolute Gasteiger partial charge is 0.508 e. The van der Waals surface area contributed by atoms with Gasteiger partial charge in [-0.25, -0.2) is 4.79 Å². The minimum atomic E-state index is -1.61. The molecule has 5 heteroatoms. The van der Waals surface area contributed by atoms with E-state index in [9.17, 15) is 9.59 Å². The van der Waals surface area contributed by atoms with Crippen molar-refractivity contribution in [3.8, 4) is 5.75 Å². The Labute approximate surface area is 92.7 Å². The smallest absolute Gasteiger partial charge is 0.331 e. The quantitative estimate of drug-likeness (QED) is 0.489. The number of nitrogens with one attached hydrogen (secondary N) is 1. The van der Waals surface area contributed by atoms with Crippen molar-refractivity contribution < 1.29 is 19.8 Å². The lowest BCUT2D eigenvalue weighted by atomic mass is 9.92. The molecule has 0 spiro atoms. The summed E-state index contributed by atoms with van der Waals surface area (Å²) in [6.45, 7) is 0. The number of carbonyl (C=O) groups is 2. The monoisotopic (exact) mass is 223 g/mol. The lowest BCUT2D eigenvalue weighted by Gasteiger charge is -2.22. The molecule has 0 fully saturated rings. The summed E-state index contributed by atoms with van der Waals surface area (Å²) >= 11 is 0. The Bertz CT molecular complexity index is 387. The van der Waals surface area contributed by atoms with Crippen molar-refractivity contribution in [3.05, 3.63) is 29.8 Å². The summed E-state index contributed by atoms with van der Waals surface area (Å²) in [6, 6.07) is 6.05. The predicted molar refractivity (Wildman–Crippen MR) is 57.3 cm³/mol. The summed E-state index contributed by atoms with van der Waals surface area (Å²) < 4.78 is 0. The van der Waals surface area contributed by atoms with Crippen LogP contribution in [0.25, 0.3) is 0 Å². The molecule has 0 bridgehead atoms. The van der Waals surface area contributed by atoms with Gasteiger partial charge in [0.1, 0.15) is 5.75 Å². The Morgan fingerprint density at radius 3 is 2.38 bits per heavy atom. The Balaban J connectivity index is 2.96. The van der Waals surface area contributed by atoms with Gasteiger partial charge in [0.05, 0.1) is 0 Å². The first-order valence-electron chi connectivity index (χ1n) is 4.70. The van der Waals surface area contributed by atoms with E-state index < -0.39 is 11.5 Å². The van der Waals surface area contributed by atoms with E-state index in [2.05, 4.69) is 5.32 Å². The van der Waals surface area contributed by atoms with Gasteiger partial charge in [0.15, 0.2) is 11.8 Å². The standard InChI is InChI=1S/C11H13NO4/c1-12-11(7-13,10(15)16)6-8-2-4-9(14)5-3-8/h2-5,7,12,14H,6H2,1H3,(H,15,16)/t11-/m1/s1. The van der Waals surface area contributed by atoms with Crippen LogP contribution in [0.4, 0.5) is 0 Å². The zero-order valence-corrected chi connectivity index (χ0v) is 8.80. The molecule has 0 unspecified atom stereocenters. The molecule has 0 aliphatic rings. The van der Waals surface area contributed by atoms with Crippen LogP contribution in [0, 0.1) is 0 Å². The number of phenolic OH excluding ortho intramolecular Hbond substituents is 1. The second-order valence-electron chi connectivity index (χ2n) is 3.49. The molecule has 5 nitrogen and oxygen atoms in total. The highest BCUT2D eigenvalue weighted by Gasteiger charge is 2.36. The number of hydrogen-bond acceptors (Lipinski definition) is 4. The summed E-state index contributed by atoms with van der Waals surface area (Å²) in [5.74, 6) is -1.13. The molecule has 0 saturated heterocycles. The maximum Gasteiger partial charge on any atom is 0.331 e. The summed E-state index contributed by atoms with van der Waals surface area (Å²) in [7, 11) is 1.42. The van der Waals surface area contributed by atoms with Gasteiger partial charge in [0, 0.05) is 6.42 Å². The number of benzene rings is 1. The molecule has 3 N–H and O–H groups in total. The summed E-state index contributed by atoms with van der Waals surface area (Å²) in [6.07, 6.45) is 0.408. The van der Waals surface area contributed by atoms with E-state index in [-0.39, 0.29) is 12.2 Å². The number of aliphatic carboxylic acids is 1. The van der Waals surface area contributed by atoms with Gasteiger partial charge in [0.25, 0.3) is 0 Å². The summed E-state index contributed by atoms with van der Waals surface area (Å²) in [4.78, 5) is 21.9. The minimum absolute atomic E-state index is 0.0304. The van der Waals surface area contributed by atoms with Crippen molar-refractivity contribution in [2.75, 3.05) is 7.05 Å². The van der Waals surface area contributed by atoms with Gasteiger partial charge >= 0.3 is 5.97 Å². The van der Waals surface area contributed by atoms with Crippen LogP contribution in [0.3, 0.4) is 0 Å². The number of phenols is 1. The zero-order valence-electron chi connectivity index (χ0n) is 8.80. The molecular formula is C11H13NO4. The van der Waals surface area contributed by atoms with Crippen molar-refractivity contribution in [1.82, 2.24) is 5.32 Å². The lowest BCUT2D eigenvalue weighted by molar-refractivity contribution is -0.146. The number of likely N-dealkylation sites (N-methyl/N-ethyl adjacent to an activating group) is 1. The van der Waals surface area contributed by atoms with Crippen LogP contribution in [-0.4, -0.2) is 35.1 Å². The van der Waals surface area contributed by atoms with E-state index in [0.717, 1.165) is 0 Å². The molecule has 0 amide bonds. The number of carboxylic acids is 1. The van der Waals surface area contributed by atoms with Gasteiger partial charge < -0.3 is 15.0 Å². The highest BCUT2D eigenvalue weighted by Crippen LogP contribution is 2.15. The average Bonchev–Trinajstić information content (AvgIpc) is 2.28. The van der Waals surface area contributed by atoms with Crippen LogP contribution >= 0.6 is 0 Å². The van der Waals surface area contributed by atoms with Crippen molar-refractivity contribution in [2.45, 2.75) is 12.0 Å². The summed E-state index contributed by atoms with van der Waals surface area (Å²) in [5, 5.41) is 20.6. The van der Waals surface area contributed by atoms with Crippen LogP contribution in [0.15, 0.2) is 24.3 Å². The van der Waals surface area contributed by atoms with E-state index in [1.165, 1.54) is 19.2 Å². The van der Waals surface area contributed by atoms with Crippen molar-refractivity contribution in [2.24, 2.45) is 0 Å². The third kappa shape index (κ3) is 2.38. The number of hydrogen-bond donors (Lipinski definition) is 3. The SMILES string of the molecule is CN[C@@](C=O)(Cc1ccc(O)cc1)C(=O)O. The van der Waals surface area contributed by atoms with Crippen molar-refractivity contribution in [1.29, 1.82) is 0 Å². The molecule has 0 aliphatic heterocycles. The van der Waals surface area contributed by atoms with E-state index in [1.54, 1.807) is 12.1 Å². The lowest BCUT2D eigenvalue weighted by Crippen LogP contribution is -2.53. The van der Waals surface area contributed by atoms with E-state index >= 15 is 0 Å². The first-order valence-corrected chi connectivity index (χ1v) is 4.70. The van der Waals surface area contributed by atoms with Crippen LogP contribution in [0.1, 0.15) is 5.56 Å². The normalized spacial score (nSPS) is 14.1. The van der Waals surface area contributed by atoms with Crippen LogP contribution in [0.5, 0.6) is 5.75 Å². The zero-order chi connectivity index (χ0) is 12.2. The Hall–Kier alpha value is -1.88. The number of aromatic hydroxyl groups is 1. The Morgan fingerprint density at radius 1 is 1.44 bits per heavy atom. The van der Waals surface area contributed by atoms with E-state index in [0.29, 0.717) is 11.8 Å². The fourth-order valence-electron chi connectivity index (χ4n) is 1.36. The molecule has 1 rings (SSSR count). The maximum atomic E-state index is 11.0. The first kappa shape index (κ1) is 12.2. The van der Waals surface area contributed by atoms with Gasteiger partial charge in [-0.3, -0.25) is 5.32 Å². The maximum absolute atomic E-state index is 11.0. The fourth-order valence-corrected chi connectivity index (χ4v) is 1.36.